The molecule has 3 N–H and O–H groups in total. The molecule has 5 aromatic rings. The SMILES string of the molecule is CCc1nc(-c2cccc(-c3cccc(Nc4nccc5nccnc45)c3Cl)c2Cl)cnc1CNCC1CCC(=O)N1. The molecule has 2 aromatic carbocycles. The highest BCUT2D eigenvalue weighted by Gasteiger charge is 2.21. The van der Waals surface area contributed by atoms with Gasteiger partial charge in [-0.1, -0.05) is 60.5 Å². The Morgan fingerprint density at radius 2 is 1.69 bits per heavy atom. The Kier molecular flexibility index (Phi) is 8.23. The lowest BCUT2D eigenvalue weighted by Crippen LogP contribution is -2.35. The lowest BCUT2D eigenvalue weighted by Gasteiger charge is -2.16. The molecule has 42 heavy (non-hydrogen) atoms. The van der Waals surface area contributed by atoms with Gasteiger partial charge in [0.1, 0.15) is 5.52 Å². The van der Waals surface area contributed by atoms with Gasteiger partial charge in [-0.25, -0.2) is 15.0 Å². The van der Waals surface area contributed by atoms with E-state index in [4.69, 9.17) is 33.2 Å². The number of aromatic nitrogens is 5. The molecule has 1 aliphatic rings. The number of benzene rings is 2. The first-order chi connectivity index (χ1) is 20.5. The van der Waals surface area contributed by atoms with Crippen LogP contribution in [0.1, 0.15) is 31.2 Å². The van der Waals surface area contributed by atoms with Crippen LogP contribution in [0.25, 0.3) is 33.4 Å². The van der Waals surface area contributed by atoms with Crippen LogP contribution in [-0.2, 0) is 17.8 Å². The van der Waals surface area contributed by atoms with Crippen molar-refractivity contribution in [2.75, 3.05) is 11.9 Å². The number of nitrogens with zero attached hydrogens (tertiary/aromatic N) is 5. The first-order valence-electron chi connectivity index (χ1n) is 13.8. The first kappa shape index (κ1) is 28.0. The molecule has 1 saturated heterocycles. The van der Waals surface area contributed by atoms with E-state index in [0.717, 1.165) is 46.4 Å². The summed E-state index contributed by atoms with van der Waals surface area (Å²) < 4.78 is 0. The number of fused-ring (bicyclic) bond motifs is 1. The van der Waals surface area contributed by atoms with Crippen molar-refractivity contribution in [3.8, 4) is 22.4 Å². The van der Waals surface area contributed by atoms with E-state index in [0.29, 0.717) is 52.3 Å². The van der Waals surface area contributed by atoms with Gasteiger partial charge in [-0.05, 0) is 25.0 Å². The van der Waals surface area contributed by atoms with Gasteiger partial charge in [0.05, 0.1) is 44.5 Å². The zero-order valence-electron chi connectivity index (χ0n) is 22.9. The Balaban J connectivity index is 1.26. The van der Waals surface area contributed by atoms with Crippen molar-refractivity contribution in [2.24, 2.45) is 0 Å². The van der Waals surface area contributed by atoms with E-state index in [2.05, 4.69) is 37.8 Å². The number of nitrogens with one attached hydrogen (secondary N) is 3. The molecule has 1 aliphatic heterocycles. The molecule has 1 unspecified atom stereocenters. The monoisotopic (exact) mass is 598 g/mol. The number of rotatable bonds is 9. The second-order valence-electron chi connectivity index (χ2n) is 9.98. The molecule has 11 heteroatoms. The maximum absolute atomic E-state index is 11.5. The van der Waals surface area contributed by atoms with Crippen molar-refractivity contribution in [2.45, 2.75) is 38.8 Å². The highest BCUT2D eigenvalue weighted by Crippen LogP contribution is 2.41. The molecule has 1 fully saturated rings. The zero-order valence-corrected chi connectivity index (χ0v) is 24.4. The smallest absolute Gasteiger partial charge is 0.220 e. The van der Waals surface area contributed by atoms with Crippen LogP contribution >= 0.6 is 23.2 Å². The fourth-order valence-electron chi connectivity index (χ4n) is 5.10. The third kappa shape index (κ3) is 5.76. The van der Waals surface area contributed by atoms with E-state index in [9.17, 15) is 4.79 Å². The van der Waals surface area contributed by atoms with Crippen LogP contribution in [0, 0.1) is 0 Å². The zero-order chi connectivity index (χ0) is 29.1. The van der Waals surface area contributed by atoms with E-state index in [1.54, 1.807) is 24.8 Å². The van der Waals surface area contributed by atoms with Crippen molar-refractivity contribution < 1.29 is 4.79 Å². The molecule has 0 saturated carbocycles. The maximum Gasteiger partial charge on any atom is 0.220 e. The summed E-state index contributed by atoms with van der Waals surface area (Å²) in [6, 6.07) is 13.5. The van der Waals surface area contributed by atoms with E-state index in [1.165, 1.54) is 0 Å². The molecule has 9 nitrogen and oxygen atoms in total. The van der Waals surface area contributed by atoms with Gasteiger partial charge >= 0.3 is 0 Å². The third-order valence-electron chi connectivity index (χ3n) is 7.24. The summed E-state index contributed by atoms with van der Waals surface area (Å²) >= 11 is 14.0. The fraction of sp³-hybridized carbons (Fsp3) is 0.226. The van der Waals surface area contributed by atoms with Crippen LogP contribution < -0.4 is 16.0 Å². The van der Waals surface area contributed by atoms with Crippen LogP contribution in [0.3, 0.4) is 0 Å². The summed E-state index contributed by atoms with van der Waals surface area (Å²) in [6.45, 7) is 3.33. The van der Waals surface area contributed by atoms with Gasteiger partial charge in [0, 0.05) is 60.8 Å². The highest BCUT2D eigenvalue weighted by molar-refractivity contribution is 6.39. The molecular weight excluding hydrogens is 571 g/mol. The van der Waals surface area contributed by atoms with Gasteiger partial charge in [-0.15, -0.1) is 0 Å². The number of carbonyl (C=O) groups excluding carboxylic acids is 1. The summed E-state index contributed by atoms with van der Waals surface area (Å²) in [7, 11) is 0. The molecule has 6 rings (SSSR count). The third-order valence-corrected chi connectivity index (χ3v) is 8.05. The molecule has 0 radical (unpaired) electrons. The van der Waals surface area contributed by atoms with Crippen LogP contribution in [0.2, 0.25) is 10.0 Å². The fourth-order valence-corrected chi connectivity index (χ4v) is 5.70. The summed E-state index contributed by atoms with van der Waals surface area (Å²) in [4.78, 5) is 34.3. The minimum absolute atomic E-state index is 0.111. The number of amides is 1. The molecule has 3 aromatic heterocycles. The molecule has 0 spiro atoms. The van der Waals surface area contributed by atoms with E-state index in [-0.39, 0.29) is 11.9 Å². The normalized spacial score (nSPS) is 14.7. The largest absolute Gasteiger partial charge is 0.352 e. The van der Waals surface area contributed by atoms with Crippen LogP contribution in [0.4, 0.5) is 11.5 Å². The van der Waals surface area contributed by atoms with Gasteiger partial charge in [0.2, 0.25) is 5.91 Å². The second kappa shape index (κ2) is 12.4. The van der Waals surface area contributed by atoms with Crippen molar-refractivity contribution in [3.63, 3.8) is 0 Å². The number of anilines is 2. The topological polar surface area (TPSA) is 118 Å². The molecule has 4 heterocycles. The number of pyridine rings is 1. The molecule has 1 amide bonds. The second-order valence-corrected chi connectivity index (χ2v) is 10.7. The van der Waals surface area contributed by atoms with E-state index in [1.807, 2.05) is 42.5 Å². The lowest BCUT2D eigenvalue weighted by atomic mass is 10.0. The average molecular weight is 600 g/mol. The van der Waals surface area contributed by atoms with Gasteiger partial charge in [-0.3, -0.25) is 14.8 Å². The molecule has 0 bridgehead atoms. The Hall–Kier alpha value is -4.18. The minimum Gasteiger partial charge on any atom is -0.352 e. The predicted molar refractivity (Wildman–Crippen MR) is 166 cm³/mol. The molecular formula is C31H28Cl2N8O. The quantitative estimate of drug-likeness (QED) is 0.185. The summed E-state index contributed by atoms with van der Waals surface area (Å²) in [5.74, 6) is 0.671. The highest BCUT2D eigenvalue weighted by atomic mass is 35.5. The van der Waals surface area contributed by atoms with Gasteiger partial charge in [-0.2, -0.15) is 0 Å². The summed E-state index contributed by atoms with van der Waals surface area (Å²) in [5.41, 5.74) is 6.83. The first-order valence-corrected chi connectivity index (χ1v) is 14.5. The van der Waals surface area contributed by atoms with Crippen molar-refractivity contribution in [3.05, 3.63) is 88.7 Å². The Morgan fingerprint density at radius 3 is 2.50 bits per heavy atom. The van der Waals surface area contributed by atoms with E-state index >= 15 is 0 Å². The van der Waals surface area contributed by atoms with Crippen molar-refractivity contribution in [1.82, 2.24) is 35.6 Å². The Labute approximate surface area is 253 Å². The number of halogens is 2. The van der Waals surface area contributed by atoms with Gasteiger partial charge in [0.15, 0.2) is 5.82 Å². The van der Waals surface area contributed by atoms with Gasteiger partial charge in [0.25, 0.3) is 0 Å². The summed E-state index contributed by atoms with van der Waals surface area (Å²) in [6.07, 6.45) is 8.87. The number of aryl methyl sites for hydroxylation is 1. The van der Waals surface area contributed by atoms with Gasteiger partial charge < -0.3 is 16.0 Å². The average Bonchev–Trinajstić information content (AvgIpc) is 3.43. The van der Waals surface area contributed by atoms with Crippen molar-refractivity contribution in [1.29, 1.82) is 0 Å². The number of carbonyl (C=O) groups is 1. The Morgan fingerprint density at radius 1 is 0.905 bits per heavy atom. The molecule has 212 valence electrons. The molecule has 1 atom stereocenters. The number of hydrogen-bond acceptors (Lipinski definition) is 8. The minimum atomic E-state index is 0.111. The lowest BCUT2D eigenvalue weighted by molar-refractivity contribution is -0.119. The van der Waals surface area contributed by atoms with Crippen LogP contribution in [0.5, 0.6) is 0 Å². The Bertz CT molecular complexity index is 1770. The van der Waals surface area contributed by atoms with Crippen LogP contribution in [-0.4, -0.2) is 43.4 Å². The predicted octanol–water partition coefficient (Wildman–Crippen LogP) is 6.13. The molecule has 0 aliphatic carbocycles. The maximum atomic E-state index is 11.5. The number of hydrogen-bond donors (Lipinski definition) is 3. The van der Waals surface area contributed by atoms with E-state index < -0.39 is 0 Å². The summed E-state index contributed by atoms with van der Waals surface area (Å²) in [5, 5.41) is 10.7. The van der Waals surface area contributed by atoms with Crippen molar-refractivity contribution >= 4 is 51.6 Å². The van der Waals surface area contributed by atoms with Crippen LogP contribution in [0.15, 0.2) is 67.3 Å². The standard InChI is InChI=1S/C31H28Cl2N8O/c1-2-22-26(16-34-15-18-9-10-27(42)39-18)38-17-25(40-22)21-7-3-5-19(28(21)32)20-6-4-8-23(29(20)33)41-31-30-24(11-12-37-31)35-13-14-36-30/h3-8,11-14,17-18,34H,2,9-10,15-16H2,1H3,(H,37,41)(H,39,42).